The third-order valence-corrected chi connectivity index (χ3v) is 18.9. The van der Waals surface area contributed by atoms with E-state index < -0.39 is 17.3 Å². The summed E-state index contributed by atoms with van der Waals surface area (Å²) < 4.78 is 3.39. The van der Waals surface area contributed by atoms with Gasteiger partial charge in [-0.05, 0) is 0 Å². The van der Waals surface area contributed by atoms with Gasteiger partial charge in [-0.2, -0.15) is 0 Å². The molecule has 3 aliphatic heterocycles. The van der Waals surface area contributed by atoms with Gasteiger partial charge in [0.2, 0.25) is 0 Å². The first-order valence-electron chi connectivity index (χ1n) is 10.3. The van der Waals surface area contributed by atoms with Crippen LogP contribution in [0.2, 0.25) is 0 Å². The first kappa shape index (κ1) is 17.8. The van der Waals surface area contributed by atoms with Crippen molar-refractivity contribution in [2.45, 2.75) is 67.8 Å². The molecule has 0 amide bonds. The van der Waals surface area contributed by atoms with Gasteiger partial charge in [0.05, 0.1) is 0 Å². The zero-order valence-electron chi connectivity index (χ0n) is 15.7. The third kappa shape index (κ3) is 1.86. The van der Waals surface area contributed by atoms with Gasteiger partial charge in [0.1, 0.15) is 0 Å². The van der Waals surface area contributed by atoms with Crippen LogP contribution in [-0.4, -0.2) is 39.4 Å². The minimum atomic E-state index is -1.78. The van der Waals surface area contributed by atoms with Gasteiger partial charge < -0.3 is 0 Å². The Labute approximate surface area is 177 Å². The molecule has 0 aromatic heterocycles. The van der Waals surface area contributed by atoms with E-state index in [4.69, 9.17) is 0 Å². The fourth-order valence-electron chi connectivity index (χ4n) is 8.48. The SMILES string of the molecule is CC(C)[N+]12C[N+](C34CC5CC(CC(C5)C3)C4)(c3ccccc31)[CH]2[Po]([Br])[Br]. The summed E-state index contributed by atoms with van der Waals surface area (Å²) in [4.78, 5) is 0. The summed E-state index contributed by atoms with van der Waals surface area (Å²) in [6, 6.07) is 10.3. The minimum absolute atomic E-state index is 0.551. The number of quaternary nitrogens is 2. The number of para-hydroxylation sites is 2. The van der Waals surface area contributed by atoms with E-state index in [1.807, 2.05) is 0 Å². The average Bonchev–Trinajstić information content (AvgIpc) is 2.99. The molecule has 8 rings (SSSR count). The first-order chi connectivity index (χ1) is 12.4. The Bertz CT molecular complexity index is 746. The molecule has 4 saturated carbocycles. The second-order valence-corrected chi connectivity index (χ2v) is 33.6. The van der Waals surface area contributed by atoms with Crippen molar-refractivity contribution < 1.29 is 0 Å². The molecule has 4 aliphatic carbocycles. The number of benzene rings is 1. The predicted molar refractivity (Wildman–Crippen MR) is 118 cm³/mol. The molecule has 1 radical (unpaired) electrons. The number of hydrogen-bond donors (Lipinski definition) is 0. The van der Waals surface area contributed by atoms with Gasteiger partial charge in [-0.15, -0.1) is 0 Å². The maximum absolute atomic E-state index is 4.23. The molecule has 1 aromatic carbocycles. The van der Waals surface area contributed by atoms with E-state index in [1.165, 1.54) is 34.9 Å². The van der Waals surface area contributed by atoms with E-state index in [9.17, 15) is 0 Å². The normalized spacial score (nSPS) is 50.4. The zero-order valence-corrected chi connectivity index (χ0v) is 22.1. The molecule has 3 unspecified atom stereocenters. The van der Waals surface area contributed by atoms with Crippen molar-refractivity contribution in [2.24, 2.45) is 17.8 Å². The molecule has 0 spiro atoms. The van der Waals surface area contributed by atoms with E-state index in [0.29, 0.717) is 11.6 Å². The summed E-state index contributed by atoms with van der Waals surface area (Å²) in [7, 11) is 0. The van der Waals surface area contributed by atoms with Crippen LogP contribution < -0.4 is 8.97 Å². The van der Waals surface area contributed by atoms with Crippen molar-refractivity contribution >= 4 is 53.0 Å². The van der Waals surface area contributed by atoms with Crippen LogP contribution in [-0.2, 0) is 0 Å². The number of hydrogen-bond acceptors (Lipinski definition) is 0. The van der Waals surface area contributed by atoms with Gasteiger partial charge in [-0.3, -0.25) is 0 Å². The molecule has 3 atom stereocenters. The van der Waals surface area contributed by atoms with Crippen LogP contribution in [0.4, 0.5) is 11.4 Å². The first-order valence-corrected chi connectivity index (χ1v) is 25.9. The Balaban J connectivity index is 1.58. The van der Waals surface area contributed by atoms with Crippen molar-refractivity contribution in [1.29, 1.82) is 0 Å². The standard InChI is InChI=1S/C21H29N2.2BrH.Po/c1-15(2)22-13-23(14-22,20-6-4-3-5-19(20)22)21-10-16-7-17(11-21)9-18(8-16)12-21;;;/h3-6,13,15-18H,7-12,14H2,1-2H3;2*1H;/q+2;;;+2/p-2. The Kier molecular flexibility index (Phi) is 3.82. The van der Waals surface area contributed by atoms with E-state index in [1.54, 1.807) is 30.6 Å². The second kappa shape index (κ2) is 5.57. The van der Waals surface area contributed by atoms with Crippen LogP contribution >= 0.6 is 24.3 Å². The monoisotopic (exact) mass is 676 g/mol. The summed E-state index contributed by atoms with van der Waals surface area (Å²) >= 11 is 6.67. The van der Waals surface area contributed by atoms with E-state index >= 15 is 0 Å². The molecular formula is C21H29Br2N2Po+2. The van der Waals surface area contributed by atoms with Crippen LogP contribution in [0.25, 0.3) is 0 Å². The Morgan fingerprint density at radius 3 is 2.00 bits per heavy atom. The van der Waals surface area contributed by atoms with Crippen LogP contribution in [0, 0.1) is 17.8 Å². The van der Waals surface area contributed by atoms with Crippen molar-refractivity contribution in [3.05, 3.63) is 24.3 Å². The number of rotatable bonds is 3. The Hall–Kier alpha value is 0.996. The van der Waals surface area contributed by atoms with Crippen LogP contribution in [0.3, 0.4) is 0 Å². The van der Waals surface area contributed by atoms with E-state index in [0.717, 1.165) is 21.6 Å². The van der Waals surface area contributed by atoms with Gasteiger partial charge in [0, 0.05) is 0 Å². The summed E-state index contributed by atoms with van der Waals surface area (Å²) in [5.74, 6) is 3.09. The van der Waals surface area contributed by atoms with Crippen molar-refractivity contribution in [2.75, 3.05) is 6.67 Å². The van der Waals surface area contributed by atoms with Gasteiger partial charge >= 0.3 is 178 Å². The summed E-state index contributed by atoms with van der Waals surface area (Å²) in [5.41, 5.74) is 3.93. The fourth-order valence-corrected chi connectivity index (χ4v) is 24.1. The van der Waals surface area contributed by atoms with Crippen LogP contribution in [0.15, 0.2) is 24.3 Å². The second-order valence-electron chi connectivity index (χ2n) is 10.2. The molecular weight excluding hydrogens is 649 g/mol. The molecule has 1 saturated heterocycles. The summed E-state index contributed by atoms with van der Waals surface area (Å²) in [6.07, 6.45) is 9.17. The molecule has 7 aliphatic rings. The maximum atomic E-state index is 4.23. The van der Waals surface area contributed by atoms with Gasteiger partial charge in [0.25, 0.3) is 0 Å². The molecule has 5 heteroatoms. The van der Waals surface area contributed by atoms with Gasteiger partial charge in [-0.1, -0.05) is 0 Å². The summed E-state index contributed by atoms with van der Waals surface area (Å²) in [6.45, 7) is 6.28. The van der Waals surface area contributed by atoms with Gasteiger partial charge in [-0.25, -0.2) is 0 Å². The molecule has 1 aromatic rings. The average molecular weight is 678 g/mol. The molecule has 26 heavy (non-hydrogen) atoms. The summed E-state index contributed by atoms with van der Waals surface area (Å²) in [5, 5.41) is 0. The van der Waals surface area contributed by atoms with Crippen molar-refractivity contribution in [3.63, 3.8) is 0 Å². The van der Waals surface area contributed by atoms with E-state index in [-0.39, 0.29) is 0 Å². The Morgan fingerprint density at radius 1 is 0.962 bits per heavy atom. The molecule has 141 valence electrons. The van der Waals surface area contributed by atoms with Crippen molar-refractivity contribution in [3.8, 4) is 0 Å². The van der Waals surface area contributed by atoms with E-state index in [2.05, 4.69) is 62.4 Å². The third-order valence-electron chi connectivity index (χ3n) is 8.92. The zero-order chi connectivity index (χ0) is 17.9. The predicted octanol–water partition coefficient (Wildman–Crippen LogP) is 5.81. The molecule has 6 bridgehead atoms. The molecule has 2 nitrogen and oxygen atoms in total. The van der Waals surface area contributed by atoms with Crippen molar-refractivity contribution in [1.82, 2.24) is 8.97 Å². The van der Waals surface area contributed by atoms with Gasteiger partial charge in [0.15, 0.2) is 0 Å². The van der Waals surface area contributed by atoms with Crippen LogP contribution in [0.1, 0.15) is 52.4 Å². The fraction of sp³-hybridized carbons (Fsp3) is 0.714. The molecule has 0 N–H and O–H groups in total. The Morgan fingerprint density at radius 2 is 1.50 bits per heavy atom. The van der Waals surface area contributed by atoms with Crippen LogP contribution in [0.5, 0.6) is 0 Å². The molecule has 3 heterocycles. The quantitative estimate of drug-likeness (QED) is 0.355. The number of nitrogens with zero attached hydrogens (tertiary/aromatic N) is 2. The molecule has 5 fully saturated rings. The number of halogens is 2. The topological polar surface area (TPSA) is 0 Å².